The molecule has 17 unspecified atom stereocenters. The van der Waals surface area contributed by atoms with Crippen LogP contribution in [0.3, 0.4) is 0 Å². The Kier molecular flexibility index (Phi) is 32.7. The van der Waals surface area contributed by atoms with E-state index in [9.17, 15) is 61.0 Å². The Morgan fingerprint density at radius 2 is 0.958 bits per heavy atom. The SMILES string of the molecule is CC/C=C\C/C=C\C/C=C\C/C=C\C/C=C\CCCCCCCCCC(=O)NC(COC1OC(CO)C(OC2OC(CO)C(OC3OC(CO)C(O)C(O)C3O)C(O)C2O)C(O)C1O)C(O)/C=C/CCCC. The number of carbonyl (C=O) groups is 1. The topological polar surface area (TPSA) is 307 Å². The fourth-order valence-electron chi connectivity index (χ4n) is 8.38. The predicted octanol–water partition coefficient (Wildman–Crippen LogP) is 2.31. The second kappa shape index (κ2) is 37.1. The normalized spacial score (nSPS) is 32.6. The molecule has 0 radical (unpaired) electrons. The van der Waals surface area contributed by atoms with Crippen LogP contribution in [0.5, 0.6) is 0 Å². The van der Waals surface area contributed by atoms with E-state index in [1.807, 2.05) is 6.92 Å². The van der Waals surface area contributed by atoms with Crippen molar-refractivity contribution in [3.63, 3.8) is 0 Å². The van der Waals surface area contributed by atoms with Crippen molar-refractivity contribution in [3.8, 4) is 0 Å². The molecule has 0 aromatic heterocycles. The van der Waals surface area contributed by atoms with E-state index in [1.54, 1.807) is 12.2 Å². The second-order valence-corrected chi connectivity index (χ2v) is 18.6. The average molecular weight is 1030 g/mol. The lowest BCUT2D eigenvalue weighted by Crippen LogP contribution is -2.66. The molecule has 1 amide bonds. The molecular weight excluding hydrogens is 939 g/mol. The van der Waals surface area contributed by atoms with Gasteiger partial charge in [0.15, 0.2) is 18.9 Å². The van der Waals surface area contributed by atoms with Gasteiger partial charge in [-0.05, 0) is 57.8 Å². The number of allylic oxidation sites excluding steroid dienone is 11. The van der Waals surface area contributed by atoms with Gasteiger partial charge in [0.25, 0.3) is 0 Å². The number of amides is 1. The molecule has 19 nitrogen and oxygen atoms in total. The molecule has 0 aromatic rings. The molecule has 3 aliphatic rings. The molecule has 0 spiro atoms. The number of aliphatic hydroxyl groups excluding tert-OH is 11. The summed E-state index contributed by atoms with van der Waals surface area (Å²) in [5, 5.41) is 119. The van der Waals surface area contributed by atoms with Gasteiger partial charge in [0.2, 0.25) is 5.91 Å². The first kappa shape index (κ1) is 63.5. The molecule has 72 heavy (non-hydrogen) atoms. The standard InChI is InChI=1S/C53H89NO18/c1-3-5-7-9-10-11-12-13-14-15-16-17-18-19-20-21-22-23-24-25-26-27-29-31-41(59)54-36(37(58)30-28-8-6-4-2)35-67-51-47(65)44(62)49(39(33-56)69-51)72-53-48(66)45(63)50(40(34-57)70-53)71-52-46(64)43(61)42(60)38(32-55)68-52/h5,7,10-11,13-14,16-17,19-20,28,30,36-40,42-53,55-58,60-66H,3-4,6,8-9,12,15,18,21-27,29,31-35H2,1-2H3,(H,54,59)/b7-5-,11-10-,14-13-,17-16-,20-19-,30-28+. The van der Waals surface area contributed by atoms with E-state index in [2.05, 4.69) is 73.0 Å². The number of hydrogen-bond donors (Lipinski definition) is 12. The highest BCUT2D eigenvalue weighted by molar-refractivity contribution is 5.76. The van der Waals surface area contributed by atoms with Crippen molar-refractivity contribution >= 4 is 5.91 Å². The molecule has 12 N–H and O–H groups in total. The quantitative estimate of drug-likeness (QED) is 0.0320. The molecule has 414 valence electrons. The number of ether oxygens (including phenoxy) is 6. The van der Waals surface area contributed by atoms with Gasteiger partial charge in [-0.15, -0.1) is 0 Å². The summed E-state index contributed by atoms with van der Waals surface area (Å²) in [7, 11) is 0. The van der Waals surface area contributed by atoms with Crippen molar-refractivity contribution in [2.75, 3.05) is 26.4 Å². The highest BCUT2D eigenvalue weighted by Gasteiger charge is 2.53. The van der Waals surface area contributed by atoms with E-state index in [4.69, 9.17) is 28.4 Å². The molecule has 3 heterocycles. The van der Waals surface area contributed by atoms with Gasteiger partial charge in [-0.1, -0.05) is 132 Å². The monoisotopic (exact) mass is 1030 g/mol. The fourth-order valence-corrected chi connectivity index (χ4v) is 8.38. The van der Waals surface area contributed by atoms with Crippen LogP contribution in [0.2, 0.25) is 0 Å². The first-order chi connectivity index (χ1) is 34.8. The van der Waals surface area contributed by atoms with Gasteiger partial charge in [0, 0.05) is 6.42 Å². The molecule has 0 saturated carbocycles. The van der Waals surface area contributed by atoms with Crippen LogP contribution in [0.15, 0.2) is 72.9 Å². The second-order valence-electron chi connectivity index (χ2n) is 18.6. The van der Waals surface area contributed by atoms with Crippen molar-refractivity contribution in [2.45, 2.75) is 227 Å². The first-order valence-electron chi connectivity index (χ1n) is 26.2. The van der Waals surface area contributed by atoms with E-state index in [0.717, 1.165) is 89.9 Å². The Bertz CT molecular complexity index is 1610. The third kappa shape index (κ3) is 22.2. The Morgan fingerprint density at radius 1 is 0.514 bits per heavy atom. The number of carbonyl (C=O) groups excluding carboxylic acids is 1. The van der Waals surface area contributed by atoms with Crippen LogP contribution in [0.4, 0.5) is 0 Å². The summed E-state index contributed by atoms with van der Waals surface area (Å²) < 4.78 is 33.9. The molecule has 3 fully saturated rings. The molecule has 3 rings (SSSR count). The zero-order chi connectivity index (χ0) is 52.7. The lowest BCUT2D eigenvalue weighted by molar-refractivity contribution is -0.379. The molecule has 17 atom stereocenters. The van der Waals surface area contributed by atoms with Gasteiger partial charge in [-0.25, -0.2) is 0 Å². The summed E-state index contributed by atoms with van der Waals surface area (Å²) in [4.78, 5) is 13.1. The maximum absolute atomic E-state index is 13.1. The van der Waals surface area contributed by atoms with E-state index in [0.29, 0.717) is 12.8 Å². The van der Waals surface area contributed by atoms with Gasteiger partial charge >= 0.3 is 0 Å². The highest BCUT2D eigenvalue weighted by atomic mass is 16.8. The van der Waals surface area contributed by atoms with E-state index in [1.165, 1.54) is 0 Å². The molecule has 0 bridgehead atoms. The third-order valence-electron chi connectivity index (χ3n) is 12.8. The van der Waals surface area contributed by atoms with Crippen molar-refractivity contribution in [1.82, 2.24) is 5.32 Å². The molecule has 0 aromatic carbocycles. The zero-order valence-corrected chi connectivity index (χ0v) is 42.4. The minimum Gasteiger partial charge on any atom is -0.394 e. The van der Waals surface area contributed by atoms with E-state index < -0.39 is 124 Å². The molecule has 3 saturated heterocycles. The van der Waals surface area contributed by atoms with Crippen LogP contribution in [0.25, 0.3) is 0 Å². The zero-order valence-electron chi connectivity index (χ0n) is 42.4. The Morgan fingerprint density at radius 3 is 1.49 bits per heavy atom. The summed E-state index contributed by atoms with van der Waals surface area (Å²) in [5.74, 6) is -0.302. The van der Waals surface area contributed by atoms with Crippen molar-refractivity contribution < 1.29 is 89.4 Å². The van der Waals surface area contributed by atoms with E-state index in [-0.39, 0.29) is 18.9 Å². The Hall–Kier alpha value is -2.77. The maximum atomic E-state index is 13.1. The smallest absolute Gasteiger partial charge is 0.220 e. The molecule has 3 aliphatic heterocycles. The largest absolute Gasteiger partial charge is 0.394 e. The fraction of sp³-hybridized carbons (Fsp3) is 0.755. The number of rotatable bonds is 35. The first-order valence-corrected chi connectivity index (χ1v) is 26.2. The minimum atomic E-state index is -1.98. The maximum Gasteiger partial charge on any atom is 0.220 e. The summed E-state index contributed by atoms with van der Waals surface area (Å²) in [6, 6.07) is -0.978. The summed E-state index contributed by atoms with van der Waals surface area (Å²) >= 11 is 0. The highest BCUT2D eigenvalue weighted by Crippen LogP contribution is 2.33. The summed E-state index contributed by atoms with van der Waals surface area (Å²) in [6.07, 6.45) is 14.2. The van der Waals surface area contributed by atoms with E-state index >= 15 is 0 Å². The Labute approximate surface area is 426 Å². The number of aliphatic hydroxyl groups is 11. The molecule has 0 aliphatic carbocycles. The van der Waals surface area contributed by atoms with Crippen LogP contribution in [-0.2, 0) is 33.2 Å². The molecule has 19 heteroatoms. The number of nitrogens with one attached hydrogen (secondary N) is 1. The minimum absolute atomic E-state index is 0.223. The number of unbranched alkanes of at least 4 members (excludes halogenated alkanes) is 9. The van der Waals surface area contributed by atoms with Crippen molar-refractivity contribution in [3.05, 3.63) is 72.9 Å². The number of hydrogen-bond acceptors (Lipinski definition) is 18. The average Bonchev–Trinajstić information content (AvgIpc) is 3.38. The van der Waals surface area contributed by atoms with Crippen LogP contribution in [-0.4, -0.2) is 193 Å². The predicted molar refractivity (Wildman–Crippen MR) is 268 cm³/mol. The van der Waals surface area contributed by atoms with Crippen LogP contribution < -0.4 is 5.32 Å². The summed E-state index contributed by atoms with van der Waals surface area (Å²) in [6.45, 7) is 1.38. The lowest BCUT2D eigenvalue weighted by Gasteiger charge is -2.48. The Balaban J connectivity index is 1.42. The molecular formula is C53H89NO18. The van der Waals surface area contributed by atoms with Gasteiger partial charge in [0.05, 0.1) is 38.6 Å². The van der Waals surface area contributed by atoms with Gasteiger partial charge in [-0.3, -0.25) is 4.79 Å². The van der Waals surface area contributed by atoms with Gasteiger partial charge in [-0.2, -0.15) is 0 Å². The van der Waals surface area contributed by atoms with Crippen LogP contribution >= 0.6 is 0 Å². The van der Waals surface area contributed by atoms with Gasteiger partial charge < -0.3 is 89.9 Å². The van der Waals surface area contributed by atoms with Gasteiger partial charge in [0.1, 0.15) is 73.2 Å². The lowest BCUT2D eigenvalue weighted by atomic mass is 9.96. The summed E-state index contributed by atoms with van der Waals surface area (Å²) in [5.41, 5.74) is 0. The van der Waals surface area contributed by atoms with Crippen molar-refractivity contribution in [1.29, 1.82) is 0 Å². The third-order valence-corrected chi connectivity index (χ3v) is 12.8. The van der Waals surface area contributed by atoms with Crippen LogP contribution in [0.1, 0.15) is 123 Å². The van der Waals surface area contributed by atoms with Crippen LogP contribution in [0, 0.1) is 0 Å². The van der Waals surface area contributed by atoms with Crippen molar-refractivity contribution in [2.24, 2.45) is 0 Å².